The van der Waals surface area contributed by atoms with Gasteiger partial charge in [-0.25, -0.2) is 0 Å². The van der Waals surface area contributed by atoms with Gasteiger partial charge in [-0.15, -0.1) is 0 Å². The average molecular weight is 235 g/mol. The van der Waals surface area contributed by atoms with E-state index in [-0.39, 0.29) is 0 Å². The van der Waals surface area contributed by atoms with Gasteiger partial charge in [-0.3, -0.25) is 0 Å². The molecule has 0 unspecified atom stereocenters. The monoisotopic (exact) mass is 235 g/mol. The van der Waals surface area contributed by atoms with E-state index in [1.54, 1.807) is 7.11 Å². The smallest absolute Gasteiger partial charge is 0.161 e. The van der Waals surface area contributed by atoms with Gasteiger partial charge >= 0.3 is 0 Å². The molecule has 0 radical (unpaired) electrons. The Labute approximate surface area is 103 Å². The fourth-order valence-electron chi connectivity index (χ4n) is 1.49. The van der Waals surface area contributed by atoms with E-state index in [1.165, 1.54) is 0 Å². The van der Waals surface area contributed by atoms with Crippen molar-refractivity contribution < 1.29 is 9.47 Å². The van der Waals surface area contributed by atoms with Crippen molar-refractivity contribution in [3.05, 3.63) is 29.8 Å². The number of nitrogens with one attached hydrogen (secondary N) is 1. The van der Waals surface area contributed by atoms with E-state index < -0.39 is 0 Å². The van der Waals surface area contributed by atoms with Gasteiger partial charge < -0.3 is 14.8 Å². The van der Waals surface area contributed by atoms with Crippen LogP contribution < -0.4 is 14.8 Å². The summed E-state index contributed by atoms with van der Waals surface area (Å²) in [6, 6.07) is 5.94. The molecule has 1 N–H and O–H groups in total. The number of ether oxygens (including phenoxy) is 2. The summed E-state index contributed by atoms with van der Waals surface area (Å²) in [6.45, 7) is 6.56. The Hall–Kier alpha value is -1.48. The minimum Gasteiger partial charge on any atom is -0.493 e. The predicted octanol–water partition coefficient (Wildman–Crippen LogP) is 2.72. The van der Waals surface area contributed by atoms with Gasteiger partial charge in [-0.05, 0) is 31.2 Å². The summed E-state index contributed by atoms with van der Waals surface area (Å²) in [5, 5.41) is 3.24. The number of hydrogen-bond acceptors (Lipinski definition) is 3. The zero-order chi connectivity index (χ0) is 12.5. The number of likely N-dealkylation sites (N-methyl/N-ethyl adjacent to an activating group) is 1. The summed E-state index contributed by atoms with van der Waals surface area (Å²) in [4.78, 5) is 0. The van der Waals surface area contributed by atoms with Crippen LogP contribution in [-0.4, -0.2) is 26.8 Å². The van der Waals surface area contributed by atoms with Crippen molar-refractivity contribution in [1.29, 1.82) is 0 Å². The third-order valence-electron chi connectivity index (χ3n) is 2.31. The third-order valence-corrected chi connectivity index (χ3v) is 2.31. The summed E-state index contributed by atoms with van der Waals surface area (Å²) in [5.41, 5.74) is 1.12. The van der Waals surface area contributed by atoms with E-state index >= 15 is 0 Å². The molecule has 0 amide bonds. The van der Waals surface area contributed by atoms with Crippen molar-refractivity contribution in [3.8, 4) is 11.5 Å². The first-order valence-electron chi connectivity index (χ1n) is 5.99. The highest BCUT2D eigenvalue weighted by Gasteiger charge is 2.03. The van der Waals surface area contributed by atoms with Gasteiger partial charge in [-0.2, -0.15) is 0 Å². The molecule has 0 aromatic heterocycles. The molecule has 94 valence electrons. The fraction of sp³-hybridized carbons (Fsp3) is 0.429. The summed E-state index contributed by atoms with van der Waals surface area (Å²) >= 11 is 0. The number of rotatable bonds is 7. The molecule has 3 heteroatoms. The molecule has 0 bridgehead atoms. The normalized spacial score (nSPS) is 10.8. The number of hydrogen-bond donors (Lipinski definition) is 1. The summed E-state index contributed by atoms with van der Waals surface area (Å²) in [5.74, 6) is 1.57. The molecule has 0 heterocycles. The standard InChI is InChI=1S/C14H21NO2/c1-4-15-10-6-7-12-8-9-13(16-3)14(11-12)17-5-2/h6-9,11,15H,4-5,10H2,1-3H3. The van der Waals surface area contributed by atoms with E-state index in [4.69, 9.17) is 9.47 Å². The Morgan fingerprint density at radius 2 is 2.06 bits per heavy atom. The van der Waals surface area contributed by atoms with Crippen molar-refractivity contribution in [2.24, 2.45) is 0 Å². The number of benzene rings is 1. The zero-order valence-corrected chi connectivity index (χ0v) is 10.8. The van der Waals surface area contributed by atoms with Crippen LogP contribution in [0.5, 0.6) is 11.5 Å². The van der Waals surface area contributed by atoms with Crippen LogP contribution in [0, 0.1) is 0 Å². The first-order valence-corrected chi connectivity index (χ1v) is 5.99. The summed E-state index contributed by atoms with van der Waals surface area (Å²) < 4.78 is 10.8. The average Bonchev–Trinajstić information content (AvgIpc) is 2.35. The van der Waals surface area contributed by atoms with Crippen LogP contribution in [0.15, 0.2) is 24.3 Å². The molecule has 3 nitrogen and oxygen atoms in total. The van der Waals surface area contributed by atoms with Gasteiger partial charge in [0.15, 0.2) is 11.5 Å². The van der Waals surface area contributed by atoms with Crippen molar-refractivity contribution in [3.63, 3.8) is 0 Å². The van der Waals surface area contributed by atoms with Gasteiger partial charge in [0.1, 0.15) is 0 Å². The lowest BCUT2D eigenvalue weighted by Gasteiger charge is -2.09. The van der Waals surface area contributed by atoms with E-state index in [9.17, 15) is 0 Å². The van der Waals surface area contributed by atoms with Crippen molar-refractivity contribution in [2.45, 2.75) is 13.8 Å². The lowest BCUT2D eigenvalue weighted by Crippen LogP contribution is -2.11. The molecule has 0 saturated carbocycles. The molecule has 0 spiro atoms. The van der Waals surface area contributed by atoms with Gasteiger partial charge in [0.2, 0.25) is 0 Å². The Morgan fingerprint density at radius 3 is 2.71 bits per heavy atom. The number of methoxy groups -OCH3 is 1. The lowest BCUT2D eigenvalue weighted by molar-refractivity contribution is 0.311. The van der Waals surface area contributed by atoms with Gasteiger partial charge in [-0.1, -0.05) is 25.1 Å². The van der Waals surface area contributed by atoms with Crippen LogP contribution in [0.25, 0.3) is 6.08 Å². The zero-order valence-electron chi connectivity index (χ0n) is 10.8. The second kappa shape index (κ2) is 7.74. The molecule has 0 aliphatic heterocycles. The minimum absolute atomic E-state index is 0.640. The van der Waals surface area contributed by atoms with Crippen LogP contribution >= 0.6 is 0 Å². The fourth-order valence-corrected chi connectivity index (χ4v) is 1.49. The Kier molecular flexibility index (Phi) is 6.18. The van der Waals surface area contributed by atoms with E-state index in [0.717, 1.165) is 30.2 Å². The SMILES string of the molecule is CCNCC=Cc1ccc(OC)c(OCC)c1. The maximum Gasteiger partial charge on any atom is 0.161 e. The highest BCUT2D eigenvalue weighted by molar-refractivity contribution is 5.56. The highest BCUT2D eigenvalue weighted by Crippen LogP contribution is 2.28. The molecular weight excluding hydrogens is 214 g/mol. The Morgan fingerprint density at radius 1 is 1.24 bits per heavy atom. The first kappa shape index (κ1) is 13.6. The van der Waals surface area contributed by atoms with Gasteiger partial charge in [0.25, 0.3) is 0 Å². The Bertz CT molecular complexity index is 361. The molecule has 1 aromatic carbocycles. The summed E-state index contributed by atoms with van der Waals surface area (Å²) in [6.07, 6.45) is 4.17. The largest absolute Gasteiger partial charge is 0.493 e. The van der Waals surface area contributed by atoms with Crippen molar-refractivity contribution >= 4 is 6.08 Å². The van der Waals surface area contributed by atoms with Crippen LogP contribution in [-0.2, 0) is 0 Å². The predicted molar refractivity (Wildman–Crippen MR) is 71.7 cm³/mol. The third kappa shape index (κ3) is 4.49. The van der Waals surface area contributed by atoms with E-state index in [0.29, 0.717) is 6.61 Å². The maximum atomic E-state index is 5.52. The topological polar surface area (TPSA) is 30.5 Å². The quantitative estimate of drug-likeness (QED) is 0.737. The van der Waals surface area contributed by atoms with E-state index in [2.05, 4.69) is 24.4 Å². The minimum atomic E-state index is 0.640. The molecule has 0 fully saturated rings. The molecule has 0 saturated heterocycles. The Balaban J connectivity index is 2.73. The van der Waals surface area contributed by atoms with Crippen LogP contribution in [0.2, 0.25) is 0 Å². The maximum absolute atomic E-state index is 5.52. The molecule has 0 aliphatic rings. The van der Waals surface area contributed by atoms with Crippen molar-refractivity contribution in [1.82, 2.24) is 5.32 Å². The van der Waals surface area contributed by atoms with Gasteiger partial charge in [0, 0.05) is 6.54 Å². The lowest BCUT2D eigenvalue weighted by atomic mass is 10.2. The van der Waals surface area contributed by atoms with E-state index in [1.807, 2.05) is 25.1 Å². The molecule has 0 atom stereocenters. The molecule has 1 aromatic rings. The first-order chi connectivity index (χ1) is 8.31. The summed E-state index contributed by atoms with van der Waals surface area (Å²) in [7, 11) is 1.65. The molecular formula is C14H21NO2. The molecule has 1 rings (SSSR count). The highest BCUT2D eigenvalue weighted by atomic mass is 16.5. The second-order valence-corrected chi connectivity index (χ2v) is 3.55. The van der Waals surface area contributed by atoms with Gasteiger partial charge in [0.05, 0.1) is 13.7 Å². The molecule has 0 aliphatic carbocycles. The van der Waals surface area contributed by atoms with Crippen LogP contribution in [0.4, 0.5) is 0 Å². The molecule has 17 heavy (non-hydrogen) atoms. The van der Waals surface area contributed by atoms with Crippen LogP contribution in [0.3, 0.4) is 0 Å². The van der Waals surface area contributed by atoms with Crippen LogP contribution in [0.1, 0.15) is 19.4 Å². The van der Waals surface area contributed by atoms with Crippen molar-refractivity contribution in [2.75, 3.05) is 26.8 Å². The second-order valence-electron chi connectivity index (χ2n) is 3.55.